The monoisotopic (exact) mass is 404 g/mol. The largest absolute Gasteiger partial charge is 0.483 e. The van der Waals surface area contributed by atoms with Crippen LogP contribution in [0.3, 0.4) is 0 Å². The molecule has 1 aliphatic heterocycles. The van der Waals surface area contributed by atoms with E-state index in [1.54, 1.807) is 4.90 Å². The molecule has 30 heavy (non-hydrogen) atoms. The first-order valence-corrected chi connectivity index (χ1v) is 10.00. The number of nitrogens with zero attached hydrogens (tertiary/aromatic N) is 1. The molecule has 154 valence electrons. The summed E-state index contributed by atoms with van der Waals surface area (Å²) in [6.45, 7) is 3.84. The number of ether oxygens (including phenoxy) is 2. The van der Waals surface area contributed by atoms with Crippen molar-refractivity contribution >= 4 is 28.3 Å². The molecule has 1 N–H and O–H groups in total. The van der Waals surface area contributed by atoms with Crippen molar-refractivity contribution < 1.29 is 19.1 Å². The number of anilines is 1. The zero-order valence-corrected chi connectivity index (χ0v) is 16.9. The number of hydrogen-bond acceptors (Lipinski definition) is 4. The van der Waals surface area contributed by atoms with E-state index in [4.69, 9.17) is 9.47 Å². The Morgan fingerprint density at radius 3 is 2.53 bits per heavy atom. The Morgan fingerprint density at radius 2 is 1.77 bits per heavy atom. The molecular weight excluding hydrogens is 380 g/mol. The maximum atomic E-state index is 12.4. The highest BCUT2D eigenvalue weighted by atomic mass is 16.5. The van der Waals surface area contributed by atoms with Gasteiger partial charge in [-0.1, -0.05) is 42.5 Å². The number of hydrogen-bond donors (Lipinski definition) is 1. The van der Waals surface area contributed by atoms with Crippen molar-refractivity contribution in [3.05, 3.63) is 60.7 Å². The van der Waals surface area contributed by atoms with Gasteiger partial charge in [0.2, 0.25) is 5.91 Å². The Kier molecular flexibility index (Phi) is 5.95. The zero-order valence-electron chi connectivity index (χ0n) is 16.9. The van der Waals surface area contributed by atoms with E-state index in [9.17, 15) is 9.59 Å². The molecule has 4 rings (SSSR count). The van der Waals surface area contributed by atoms with Crippen molar-refractivity contribution in [1.29, 1.82) is 0 Å². The second-order valence-electron chi connectivity index (χ2n) is 7.20. The van der Waals surface area contributed by atoms with Gasteiger partial charge < -0.3 is 19.7 Å². The topological polar surface area (TPSA) is 67.9 Å². The van der Waals surface area contributed by atoms with Gasteiger partial charge in [0.1, 0.15) is 5.75 Å². The number of morpholine rings is 1. The Morgan fingerprint density at radius 1 is 1.00 bits per heavy atom. The summed E-state index contributed by atoms with van der Waals surface area (Å²) in [5.74, 6) is 0.536. The SMILES string of the molecule is CC(=O)Nc1cccc(-c2ccc(OCC(=O)N3CCOCC3)c3ccccc23)c1. The third-order valence-electron chi connectivity index (χ3n) is 5.09. The van der Waals surface area contributed by atoms with Crippen molar-refractivity contribution in [1.82, 2.24) is 4.90 Å². The lowest BCUT2D eigenvalue weighted by Crippen LogP contribution is -2.42. The van der Waals surface area contributed by atoms with E-state index < -0.39 is 0 Å². The van der Waals surface area contributed by atoms with Gasteiger partial charge in [-0.05, 0) is 34.7 Å². The Bertz CT molecular complexity index is 1070. The second kappa shape index (κ2) is 8.97. The van der Waals surface area contributed by atoms with Crippen molar-refractivity contribution in [3.8, 4) is 16.9 Å². The predicted molar refractivity (Wildman–Crippen MR) is 117 cm³/mol. The van der Waals surface area contributed by atoms with Crippen LogP contribution in [0.1, 0.15) is 6.92 Å². The first-order valence-electron chi connectivity index (χ1n) is 10.00. The first kappa shape index (κ1) is 19.9. The van der Waals surface area contributed by atoms with Gasteiger partial charge >= 0.3 is 0 Å². The van der Waals surface area contributed by atoms with Gasteiger partial charge in [-0.3, -0.25) is 9.59 Å². The van der Waals surface area contributed by atoms with E-state index in [1.165, 1.54) is 6.92 Å². The molecule has 0 unspecified atom stereocenters. The van der Waals surface area contributed by atoms with Gasteiger partial charge in [-0.15, -0.1) is 0 Å². The quantitative estimate of drug-likeness (QED) is 0.704. The van der Waals surface area contributed by atoms with E-state index in [0.29, 0.717) is 32.1 Å². The summed E-state index contributed by atoms with van der Waals surface area (Å²) < 4.78 is 11.2. The number of benzene rings is 3. The molecule has 0 atom stereocenters. The van der Waals surface area contributed by atoms with Crippen LogP contribution >= 0.6 is 0 Å². The third kappa shape index (κ3) is 4.44. The second-order valence-corrected chi connectivity index (χ2v) is 7.20. The molecule has 6 nitrogen and oxygen atoms in total. The van der Waals surface area contributed by atoms with Gasteiger partial charge in [-0.2, -0.15) is 0 Å². The summed E-state index contributed by atoms with van der Waals surface area (Å²) >= 11 is 0. The fourth-order valence-electron chi connectivity index (χ4n) is 3.66. The lowest BCUT2D eigenvalue weighted by atomic mass is 9.97. The van der Waals surface area contributed by atoms with Crippen LogP contribution in [0.2, 0.25) is 0 Å². The Labute approximate surface area is 175 Å². The summed E-state index contributed by atoms with van der Waals surface area (Å²) in [7, 11) is 0. The third-order valence-corrected chi connectivity index (χ3v) is 5.09. The zero-order chi connectivity index (χ0) is 20.9. The summed E-state index contributed by atoms with van der Waals surface area (Å²) in [5, 5.41) is 4.79. The summed E-state index contributed by atoms with van der Waals surface area (Å²) in [6, 6.07) is 19.6. The number of rotatable bonds is 5. The van der Waals surface area contributed by atoms with Crippen LogP contribution in [0, 0.1) is 0 Å². The average Bonchev–Trinajstić information content (AvgIpc) is 2.77. The number of nitrogens with one attached hydrogen (secondary N) is 1. The van der Waals surface area contributed by atoms with Crippen molar-refractivity contribution in [2.45, 2.75) is 6.92 Å². The van der Waals surface area contributed by atoms with Gasteiger partial charge in [0.15, 0.2) is 6.61 Å². The summed E-state index contributed by atoms with van der Waals surface area (Å²) in [4.78, 5) is 25.6. The average molecular weight is 404 g/mol. The highest BCUT2D eigenvalue weighted by Gasteiger charge is 2.18. The Balaban J connectivity index is 1.60. The first-order chi connectivity index (χ1) is 14.6. The minimum absolute atomic E-state index is 0.00135. The summed E-state index contributed by atoms with van der Waals surface area (Å²) in [6.07, 6.45) is 0. The molecule has 0 radical (unpaired) electrons. The van der Waals surface area contributed by atoms with Crippen LogP contribution in [-0.2, 0) is 14.3 Å². The molecule has 2 amide bonds. The summed E-state index contributed by atoms with van der Waals surface area (Å²) in [5.41, 5.74) is 2.78. The van der Waals surface area contributed by atoms with E-state index in [-0.39, 0.29) is 18.4 Å². The predicted octanol–water partition coefficient (Wildman–Crippen LogP) is 3.70. The standard InChI is InChI=1S/C24H24N2O4/c1-17(27)25-19-6-4-5-18(15-19)20-9-10-23(22-8-3-2-7-21(20)22)30-16-24(28)26-11-13-29-14-12-26/h2-10,15H,11-14,16H2,1H3,(H,25,27). The molecule has 1 fully saturated rings. The van der Waals surface area contributed by atoms with Crippen molar-refractivity contribution in [2.75, 3.05) is 38.2 Å². The number of amides is 2. The molecule has 6 heteroatoms. The number of carbonyl (C=O) groups is 2. The normalized spacial score (nSPS) is 13.8. The molecule has 0 aromatic heterocycles. The molecule has 0 spiro atoms. The molecule has 1 saturated heterocycles. The highest BCUT2D eigenvalue weighted by molar-refractivity contribution is 6.01. The Hall–Kier alpha value is -3.38. The van der Waals surface area contributed by atoms with E-state index in [1.807, 2.05) is 60.7 Å². The van der Waals surface area contributed by atoms with Crippen molar-refractivity contribution in [3.63, 3.8) is 0 Å². The van der Waals surface area contributed by atoms with Crippen molar-refractivity contribution in [2.24, 2.45) is 0 Å². The molecule has 3 aromatic rings. The molecule has 0 bridgehead atoms. The lowest BCUT2D eigenvalue weighted by Gasteiger charge is -2.26. The molecule has 3 aromatic carbocycles. The fraction of sp³-hybridized carbons (Fsp3) is 0.250. The smallest absolute Gasteiger partial charge is 0.260 e. The minimum atomic E-state index is -0.106. The van der Waals surface area contributed by atoms with Crippen LogP contribution in [0.15, 0.2) is 60.7 Å². The van der Waals surface area contributed by atoms with E-state index in [2.05, 4.69) is 5.32 Å². The van der Waals surface area contributed by atoms with Crippen LogP contribution in [0.4, 0.5) is 5.69 Å². The van der Waals surface area contributed by atoms with E-state index in [0.717, 1.165) is 27.6 Å². The van der Waals surface area contributed by atoms with Crippen LogP contribution in [-0.4, -0.2) is 49.6 Å². The van der Waals surface area contributed by atoms with Gasteiger partial charge in [-0.25, -0.2) is 0 Å². The van der Waals surface area contributed by atoms with Crippen LogP contribution < -0.4 is 10.1 Å². The van der Waals surface area contributed by atoms with Gasteiger partial charge in [0.25, 0.3) is 5.91 Å². The van der Waals surface area contributed by atoms with Crippen LogP contribution in [0.5, 0.6) is 5.75 Å². The number of fused-ring (bicyclic) bond motifs is 1. The number of carbonyl (C=O) groups excluding carboxylic acids is 2. The fourth-order valence-corrected chi connectivity index (χ4v) is 3.66. The van der Waals surface area contributed by atoms with Gasteiger partial charge in [0.05, 0.1) is 13.2 Å². The van der Waals surface area contributed by atoms with Crippen LogP contribution in [0.25, 0.3) is 21.9 Å². The molecule has 0 aliphatic carbocycles. The molecular formula is C24H24N2O4. The lowest BCUT2D eigenvalue weighted by molar-refractivity contribution is -0.137. The maximum absolute atomic E-state index is 12.4. The molecule has 1 aliphatic rings. The highest BCUT2D eigenvalue weighted by Crippen LogP contribution is 2.35. The van der Waals surface area contributed by atoms with Gasteiger partial charge in [0, 0.05) is 31.1 Å². The molecule has 0 saturated carbocycles. The molecule has 1 heterocycles. The maximum Gasteiger partial charge on any atom is 0.260 e. The van der Waals surface area contributed by atoms with E-state index >= 15 is 0 Å². The minimum Gasteiger partial charge on any atom is -0.483 e.